The first-order valence-corrected chi connectivity index (χ1v) is 6.02. The number of para-hydroxylation sites is 1. The molecular formula is C13H17FN2O2. The lowest BCUT2D eigenvalue weighted by molar-refractivity contribution is 0.0649. The van der Waals surface area contributed by atoms with Crippen LogP contribution in [0.1, 0.15) is 23.7 Å². The van der Waals surface area contributed by atoms with Crippen molar-refractivity contribution in [2.24, 2.45) is 5.92 Å². The fourth-order valence-corrected chi connectivity index (χ4v) is 2.42. The molecule has 1 heterocycles. The second-order valence-electron chi connectivity index (χ2n) is 4.72. The van der Waals surface area contributed by atoms with Crippen LogP contribution in [-0.2, 0) is 0 Å². The number of amides is 1. The Morgan fingerprint density at radius 3 is 3.00 bits per heavy atom. The summed E-state index contributed by atoms with van der Waals surface area (Å²) in [4.78, 5) is 13.9. The van der Waals surface area contributed by atoms with Crippen molar-refractivity contribution in [2.75, 3.05) is 18.9 Å². The van der Waals surface area contributed by atoms with Crippen LogP contribution in [-0.4, -0.2) is 35.1 Å². The summed E-state index contributed by atoms with van der Waals surface area (Å²) in [6, 6.07) is 3.99. The largest absolute Gasteiger partial charge is 0.396 e. The average molecular weight is 252 g/mol. The van der Waals surface area contributed by atoms with Gasteiger partial charge in [-0.05, 0) is 24.5 Å². The number of likely N-dealkylation sites (tertiary alicyclic amines) is 1. The number of hydrogen-bond donors (Lipinski definition) is 2. The van der Waals surface area contributed by atoms with Gasteiger partial charge in [-0.25, -0.2) is 4.39 Å². The molecule has 3 N–H and O–H groups in total. The van der Waals surface area contributed by atoms with E-state index in [1.165, 1.54) is 18.2 Å². The number of nitrogen functional groups attached to an aromatic ring is 1. The maximum Gasteiger partial charge on any atom is 0.256 e. The number of carbonyl (C=O) groups excluding carboxylic acids is 1. The summed E-state index contributed by atoms with van der Waals surface area (Å²) in [5.41, 5.74) is 5.63. The Bertz CT molecular complexity index is 464. The lowest BCUT2D eigenvalue weighted by Crippen LogP contribution is -2.40. The summed E-state index contributed by atoms with van der Waals surface area (Å²) in [5, 5.41) is 9.33. The SMILES string of the molecule is CC1CCN(C(=O)c2cccc(F)c2N)C1CO. The Hall–Kier alpha value is -1.62. The van der Waals surface area contributed by atoms with Crippen molar-refractivity contribution in [2.45, 2.75) is 19.4 Å². The number of nitrogens with two attached hydrogens (primary N) is 1. The fraction of sp³-hybridized carbons (Fsp3) is 0.462. The quantitative estimate of drug-likeness (QED) is 0.778. The highest BCUT2D eigenvalue weighted by atomic mass is 19.1. The first-order valence-electron chi connectivity index (χ1n) is 6.02. The van der Waals surface area contributed by atoms with Gasteiger partial charge in [-0.2, -0.15) is 0 Å². The molecule has 2 unspecified atom stereocenters. The summed E-state index contributed by atoms with van der Waals surface area (Å²) in [7, 11) is 0. The van der Waals surface area contributed by atoms with E-state index in [-0.39, 0.29) is 35.7 Å². The minimum atomic E-state index is -0.589. The topological polar surface area (TPSA) is 66.6 Å². The van der Waals surface area contributed by atoms with Crippen molar-refractivity contribution in [3.05, 3.63) is 29.6 Å². The molecule has 1 amide bonds. The summed E-state index contributed by atoms with van der Waals surface area (Å²) in [6.07, 6.45) is 0.839. The number of hydrogen-bond acceptors (Lipinski definition) is 3. The number of aliphatic hydroxyl groups is 1. The zero-order chi connectivity index (χ0) is 13.3. The second-order valence-corrected chi connectivity index (χ2v) is 4.72. The van der Waals surface area contributed by atoms with Gasteiger partial charge in [0.1, 0.15) is 5.82 Å². The van der Waals surface area contributed by atoms with E-state index in [1.54, 1.807) is 4.90 Å². The average Bonchev–Trinajstić information content (AvgIpc) is 2.73. The highest BCUT2D eigenvalue weighted by Crippen LogP contribution is 2.27. The molecule has 4 nitrogen and oxygen atoms in total. The van der Waals surface area contributed by atoms with Crippen molar-refractivity contribution >= 4 is 11.6 Å². The third kappa shape index (κ3) is 2.06. The zero-order valence-electron chi connectivity index (χ0n) is 10.3. The van der Waals surface area contributed by atoms with Gasteiger partial charge in [0.05, 0.1) is 23.9 Å². The number of nitrogens with zero attached hydrogens (tertiary/aromatic N) is 1. The van der Waals surface area contributed by atoms with Gasteiger partial charge in [-0.3, -0.25) is 4.79 Å². The molecule has 1 aromatic rings. The monoisotopic (exact) mass is 252 g/mol. The van der Waals surface area contributed by atoms with Crippen LogP contribution in [0.3, 0.4) is 0 Å². The van der Waals surface area contributed by atoms with Crippen LogP contribution in [0.15, 0.2) is 18.2 Å². The summed E-state index contributed by atoms with van der Waals surface area (Å²) < 4.78 is 13.3. The van der Waals surface area contributed by atoms with Gasteiger partial charge in [0.2, 0.25) is 0 Å². The van der Waals surface area contributed by atoms with Crippen LogP contribution in [0.25, 0.3) is 0 Å². The number of halogens is 1. The molecule has 0 aromatic heterocycles. The van der Waals surface area contributed by atoms with Crippen molar-refractivity contribution in [1.82, 2.24) is 4.90 Å². The third-order valence-corrected chi connectivity index (χ3v) is 3.61. The van der Waals surface area contributed by atoms with E-state index in [0.717, 1.165) is 6.42 Å². The molecule has 5 heteroatoms. The predicted octanol–water partition coefficient (Wildman–Crippen LogP) is 1.25. The highest BCUT2D eigenvalue weighted by molar-refractivity contribution is 5.99. The van der Waals surface area contributed by atoms with Crippen LogP contribution in [0.2, 0.25) is 0 Å². The first-order chi connectivity index (χ1) is 8.56. The molecule has 1 aliphatic rings. The maximum atomic E-state index is 13.3. The molecule has 0 radical (unpaired) electrons. The van der Waals surface area contributed by atoms with Crippen LogP contribution >= 0.6 is 0 Å². The van der Waals surface area contributed by atoms with E-state index in [1.807, 2.05) is 6.92 Å². The molecule has 0 saturated carbocycles. The van der Waals surface area contributed by atoms with E-state index in [2.05, 4.69) is 0 Å². The van der Waals surface area contributed by atoms with Gasteiger partial charge in [0.15, 0.2) is 0 Å². The molecular weight excluding hydrogens is 235 g/mol. The molecule has 98 valence electrons. The third-order valence-electron chi connectivity index (χ3n) is 3.61. The number of rotatable bonds is 2. The molecule has 1 saturated heterocycles. The van der Waals surface area contributed by atoms with Gasteiger partial charge >= 0.3 is 0 Å². The summed E-state index contributed by atoms with van der Waals surface area (Å²) in [6.45, 7) is 2.48. The first kappa shape index (κ1) is 12.8. The molecule has 2 rings (SSSR count). The Labute approximate surface area is 105 Å². The number of aliphatic hydroxyl groups excluding tert-OH is 1. The van der Waals surface area contributed by atoms with E-state index in [4.69, 9.17) is 5.73 Å². The minimum Gasteiger partial charge on any atom is -0.396 e. The van der Waals surface area contributed by atoms with Crippen molar-refractivity contribution in [3.8, 4) is 0 Å². The second kappa shape index (κ2) is 4.94. The standard InChI is InChI=1S/C13H17FN2O2/c1-8-5-6-16(11(8)7-17)13(18)9-3-2-4-10(14)12(9)15/h2-4,8,11,17H,5-7,15H2,1H3. The van der Waals surface area contributed by atoms with E-state index in [0.29, 0.717) is 6.54 Å². The maximum absolute atomic E-state index is 13.3. The molecule has 1 aromatic carbocycles. The van der Waals surface area contributed by atoms with E-state index in [9.17, 15) is 14.3 Å². The smallest absolute Gasteiger partial charge is 0.256 e. The Morgan fingerprint density at radius 2 is 2.33 bits per heavy atom. The summed E-state index contributed by atoms with van der Waals surface area (Å²) in [5.74, 6) is -0.655. The van der Waals surface area contributed by atoms with Gasteiger partial charge < -0.3 is 15.7 Å². The van der Waals surface area contributed by atoms with Gasteiger partial charge in [0.25, 0.3) is 5.91 Å². The molecule has 2 atom stereocenters. The lowest BCUT2D eigenvalue weighted by Gasteiger charge is -2.25. The molecule has 0 spiro atoms. The lowest BCUT2D eigenvalue weighted by atomic mass is 10.0. The van der Waals surface area contributed by atoms with Crippen LogP contribution in [0, 0.1) is 11.7 Å². The molecule has 0 aliphatic carbocycles. The molecule has 0 bridgehead atoms. The van der Waals surface area contributed by atoms with Crippen LogP contribution < -0.4 is 5.73 Å². The van der Waals surface area contributed by atoms with Crippen molar-refractivity contribution in [3.63, 3.8) is 0 Å². The Balaban J connectivity index is 2.29. The minimum absolute atomic E-state index is 0.0812. The van der Waals surface area contributed by atoms with Crippen molar-refractivity contribution < 1.29 is 14.3 Å². The predicted molar refractivity (Wildman–Crippen MR) is 66.5 cm³/mol. The zero-order valence-corrected chi connectivity index (χ0v) is 10.3. The molecule has 18 heavy (non-hydrogen) atoms. The Morgan fingerprint density at radius 1 is 1.61 bits per heavy atom. The Kier molecular flexibility index (Phi) is 3.52. The highest BCUT2D eigenvalue weighted by Gasteiger charge is 2.35. The van der Waals surface area contributed by atoms with Crippen molar-refractivity contribution in [1.29, 1.82) is 0 Å². The number of carbonyl (C=O) groups is 1. The number of anilines is 1. The molecule has 1 aliphatic heterocycles. The van der Waals surface area contributed by atoms with Gasteiger partial charge in [-0.1, -0.05) is 13.0 Å². The van der Waals surface area contributed by atoms with Crippen LogP contribution in [0.5, 0.6) is 0 Å². The van der Waals surface area contributed by atoms with Gasteiger partial charge in [-0.15, -0.1) is 0 Å². The fourth-order valence-electron chi connectivity index (χ4n) is 2.42. The van der Waals surface area contributed by atoms with E-state index < -0.39 is 5.82 Å². The summed E-state index contributed by atoms with van der Waals surface area (Å²) >= 11 is 0. The normalized spacial score (nSPS) is 23.4. The van der Waals surface area contributed by atoms with Gasteiger partial charge in [0, 0.05) is 6.54 Å². The molecule has 1 fully saturated rings. The van der Waals surface area contributed by atoms with E-state index >= 15 is 0 Å². The van der Waals surface area contributed by atoms with Crippen LogP contribution in [0.4, 0.5) is 10.1 Å². The number of benzene rings is 1.